The van der Waals surface area contributed by atoms with Gasteiger partial charge in [0.2, 0.25) is 0 Å². The lowest BCUT2D eigenvalue weighted by Crippen LogP contribution is -2.55. The summed E-state index contributed by atoms with van der Waals surface area (Å²) in [7, 11) is 0. The fourth-order valence-corrected chi connectivity index (χ4v) is 6.14. The number of morpholine rings is 1. The number of nitrogens with one attached hydrogen (secondary N) is 1. The molecule has 0 spiro atoms. The van der Waals surface area contributed by atoms with E-state index in [1.165, 1.54) is 4.90 Å². The van der Waals surface area contributed by atoms with Gasteiger partial charge in [-0.25, -0.2) is 9.59 Å². The van der Waals surface area contributed by atoms with E-state index in [2.05, 4.69) is 21.3 Å². The Kier molecular flexibility index (Phi) is 8.49. The molecule has 1 aromatic carbocycles. The highest BCUT2D eigenvalue weighted by Gasteiger charge is 2.51. The lowest BCUT2D eigenvalue weighted by atomic mass is 9.99. The van der Waals surface area contributed by atoms with Crippen molar-refractivity contribution in [2.24, 2.45) is 5.41 Å². The number of carbonyl (C=O) groups is 2. The van der Waals surface area contributed by atoms with Gasteiger partial charge in [0.1, 0.15) is 12.4 Å². The van der Waals surface area contributed by atoms with E-state index in [-0.39, 0.29) is 37.1 Å². The number of aromatic nitrogens is 2. The number of carbonyl (C=O) groups excluding carboxylic acids is 1. The zero-order chi connectivity index (χ0) is 29.8. The molecule has 3 fully saturated rings. The van der Waals surface area contributed by atoms with E-state index in [4.69, 9.17) is 19.2 Å². The van der Waals surface area contributed by atoms with E-state index in [0.717, 1.165) is 37.1 Å². The van der Waals surface area contributed by atoms with Crippen molar-refractivity contribution < 1.29 is 28.9 Å². The molecule has 2 atom stereocenters. The van der Waals surface area contributed by atoms with Crippen LogP contribution in [-0.2, 0) is 29.0 Å². The van der Waals surface area contributed by atoms with E-state index < -0.39 is 18.2 Å². The molecule has 13 nitrogen and oxygen atoms in total. The van der Waals surface area contributed by atoms with Gasteiger partial charge in [0.05, 0.1) is 50.1 Å². The van der Waals surface area contributed by atoms with Crippen molar-refractivity contribution in [3.63, 3.8) is 0 Å². The Morgan fingerprint density at radius 3 is 2.74 bits per heavy atom. The number of nitrogens with zero attached hydrogens (tertiary/aromatic N) is 6. The van der Waals surface area contributed by atoms with Gasteiger partial charge in [-0.2, -0.15) is 15.2 Å². The predicted octanol–water partition coefficient (Wildman–Crippen LogP) is 2.40. The average molecular weight is 592 g/mol. The SMILES string of the molecule is N#CCC1CN(c2nc(OCC3([C@H]4CNCCO4)CC3)nc3c2CCN(C(=O)O)C3)CCN1C(=O)OCc1ccccc1. The average Bonchev–Trinajstić information content (AvgIpc) is 3.84. The topological polar surface area (TPSA) is 153 Å². The van der Waals surface area contributed by atoms with Crippen molar-refractivity contribution in [3.05, 3.63) is 47.2 Å². The lowest BCUT2D eigenvalue weighted by molar-refractivity contribution is -0.0334. The molecule has 1 aromatic heterocycles. The van der Waals surface area contributed by atoms with Gasteiger partial charge in [0.15, 0.2) is 0 Å². The fraction of sp³-hybridized carbons (Fsp3) is 0.567. The van der Waals surface area contributed by atoms with Crippen molar-refractivity contribution in [2.45, 2.75) is 51.0 Å². The van der Waals surface area contributed by atoms with Gasteiger partial charge in [-0.05, 0) is 24.8 Å². The Bertz CT molecular complexity index is 1360. The van der Waals surface area contributed by atoms with Crippen LogP contribution in [0.2, 0.25) is 0 Å². The number of carboxylic acid groups (broad SMARTS) is 1. The Morgan fingerprint density at radius 2 is 2.02 bits per heavy atom. The molecule has 228 valence electrons. The first-order chi connectivity index (χ1) is 21.0. The highest BCUT2D eigenvalue weighted by molar-refractivity contribution is 5.69. The third kappa shape index (κ3) is 6.45. The number of amides is 2. The van der Waals surface area contributed by atoms with Crippen molar-refractivity contribution >= 4 is 18.0 Å². The second kappa shape index (κ2) is 12.6. The van der Waals surface area contributed by atoms with Gasteiger partial charge in [-0.15, -0.1) is 0 Å². The molecular weight excluding hydrogens is 554 g/mol. The Labute approximate surface area is 250 Å². The number of benzene rings is 1. The molecule has 2 aromatic rings. The molecule has 3 aliphatic heterocycles. The quantitative estimate of drug-likeness (QED) is 0.465. The lowest BCUT2D eigenvalue weighted by Gasteiger charge is -2.41. The van der Waals surface area contributed by atoms with Crippen molar-refractivity contribution in [3.8, 4) is 12.1 Å². The first kappa shape index (κ1) is 28.9. The molecule has 1 aliphatic carbocycles. The first-order valence-electron chi connectivity index (χ1n) is 14.9. The van der Waals surface area contributed by atoms with Crippen LogP contribution in [0.1, 0.15) is 36.1 Å². The molecule has 1 unspecified atom stereocenters. The van der Waals surface area contributed by atoms with Crippen LogP contribution in [0.5, 0.6) is 6.01 Å². The summed E-state index contributed by atoms with van der Waals surface area (Å²) in [4.78, 5) is 39.4. The van der Waals surface area contributed by atoms with Crippen LogP contribution >= 0.6 is 0 Å². The molecule has 0 radical (unpaired) electrons. The molecular formula is C30H37N7O6. The Hall–Kier alpha value is -4.15. The fourth-order valence-electron chi connectivity index (χ4n) is 6.14. The minimum absolute atomic E-state index is 0.0716. The van der Waals surface area contributed by atoms with Crippen LogP contribution in [0.25, 0.3) is 0 Å². The van der Waals surface area contributed by atoms with Crippen LogP contribution in [0.15, 0.2) is 30.3 Å². The van der Waals surface area contributed by atoms with Crippen molar-refractivity contribution in [1.29, 1.82) is 5.26 Å². The minimum atomic E-state index is -0.996. The zero-order valence-electron chi connectivity index (χ0n) is 24.1. The van der Waals surface area contributed by atoms with E-state index in [1.807, 2.05) is 30.3 Å². The first-order valence-corrected chi connectivity index (χ1v) is 14.9. The number of hydrogen-bond donors (Lipinski definition) is 2. The molecule has 6 rings (SSSR count). The second-order valence-corrected chi connectivity index (χ2v) is 11.6. The summed E-state index contributed by atoms with van der Waals surface area (Å²) in [6.07, 6.45) is 1.23. The molecule has 4 heterocycles. The highest BCUT2D eigenvalue weighted by Crippen LogP contribution is 2.50. The van der Waals surface area contributed by atoms with E-state index in [9.17, 15) is 20.0 Å². The molecule has 4 aliphatic rings. The summed E-state index contributed by atoms with van der Waals surface area (Å²) >= 11 is 0. The summed E-state index contributed by atoms with van der Waals surface area (Å²) in [6.45, 7) is 4.55. The second-order valence-electron chi connectivity index (χ2n) is 11.6. The zero-order valence-corrected chi connectivity index (χ0v) is 24.1. The van der Waals surface area contributed by atoms with Gasteiger partial charge in [-0.1, -0.05) is 30.3 Å². The third-order valence-corrected chi connectivity index (χ3v) is 8.83. The van der Waals surface area contributed by atoms with Gasteiger partial charge in [0, 0.05) is 50.2 Å². The van der Waals surface area contributed by atoms with Crippen LogP contribution in [0, 0.1) is 16.7 Å². The maximum absolute atomic E-state index is 13.1. The number of anilines is 1. The number of ether oxygens (including phenoxy) is 3. The van der Waals surface area contributed by atoms with Crippen LogP contribution in [-0.4, -0.2) is 102 Å². The molecule has 2 saturated heterocycles. The van der Waals surface area contributed by atoms with Gasteiger partial charge < -0.3 is 39.3 Å². The molecule has 0 bridgehead atoms. The van der Waals surface area contributed by atoms with Gasteiger partial charge in [0.25, 0.3) is 0 Å². The van der Waals surface area contributed by atoms with Crippen LogP contribution in [0.3, 0.4) is 0 Å². The van der Waals surface area contributed by atoms with Crippen molar-refractivity contribution in [2.75, 3.05) is 57.4 Å². The molecule has 13 heteroatoms. The summed E-state index contributed by atoms with van der Waals surface area (Å²) < 4.78 is 17.8. The number of fused-ring (bicyclic) bond motifs is 1. The summed E-state index contributed by atoms with van der Waals surface area (Å²) in [6, 6.07) is 11.5. The maximum Gasteiger partial charge on any atom is 0.410 e. The van der Waals surface area contributed by atoms with E-state index >= 15 is 0 Å². The van der Waals surface area contributed by atoms with Crippen molar-refractivity contribution in [1.82, 2.24) is 25.1 Å². The van der Waals surface area contributed by atoms with E-state index in [1.54, 1.807) is 4.90 Å². The minimum Gasteiger partial charge on any atom is -0.465 e. The predicted molar refractivity (Wildman–Crippen MR) is 154 cm³/mol. The van der Waals surface area contributed by atoms with Crippen LogP contribution in [0.4, 0.5) is 15.4 Å². The number of piperazine rings is 1. The summed E-state index contributed by atoms with van der Waals surface area (Å²) in [5.41, 5.74) is 2.31. The number of hydrogen-bond acceptors (Lipinski definition) is 10. The molecule has 43 heavy (non-hydrogen) atoms. The Balaban J connectivity index is 1.20. The van der Waals surface area contributed by atoms with Gasteiger partial charge >= 0.3 is 18.2 Å². The summed E-state index contributed by atoms with van der Waals surface area (Å²) in [5, 5.41) is 22.6. The van der Waals surface area contributed by atoms with Gasteiger partial charge in [-0.3, -0.25) is 0 Å². The summed E-state index contributed by atoms with van der Waals surface area (Å²) in [5.74, 6) is 0.672. The maximum atomic E-state index is 13.1. The molecule has 1 saturated carbocycles. The van der Waals surface area contributed by atoms with E-state index in [0.29, 0.717) is 57.3 Å². The number of rotatable bonds is 8. The van der Waals surface area contributed by atoms with Crippen LogP contribution < -0.4 is 15.0 Å². The standard InChI is InChI=1S/C30H37N7O6/c31-10-6-22-17-35(13-14-37(22)29(40)42-19-21-4-2-1-3-5-21)26-23-7-12-36(28(38)39)18-24(23)33-27(34-26)43-20-30(8-9-30)25-16-32-11-15-41-25/h1-5,22,25,32H,6-9,11-20H2,(H,38,39)/t22?,25-/m1/s1. The smallest absolute Gasteiger partial charge is 0.410 e. The largest absolute Gasteiger partial charge is 0.465 e. The number of nitriles is 1. The Morgan fingerprint density at radius 1 is 1.19 bits per heavy atom. The monoisotopic (exact) mass is 591 g/mol. The molecule has 2 N–H and O–H groups in total. The highest BCUT2D eigenvalue weighted by atomic mass is 16.6. The molecule has 2 amide bonds. The third-order valence-electron chi connectivity index (χ3n) is 8.83. The normalized spacial score (nSPS) is 22.7.